The molecule has 2 rings (SSSR count). The summed E-state index contributed by atoms with van der Waals surface area (Å²) in [4.78, 5) is 23.3. The van der Waals surface area contributed by atoms with E-state index in [1.807, 2.05) is 0 Å². The zero-order valence-corrected chi connectivity index (χ0v) is 16.3. The summed E-state index contributed by atoms with van der Waals surface area (Å²) in [7, 11) is -2.45. The Morgan fingerprint density at radius 1 is 1.00 bits per heavy atom. The molecule has 0 fully saturated rings. The molecule has 0 aromatic heterocycles. The Morgan fingerprint density at radius 3 is 2.30 bits per heavy atom. The molecule has 0 bridgehead atoms. The van der Waals surface area contributed by atoms with Crippen LogP contribution in [0.15, 0.2) is 59.5 Å². The number of hydrogen-bond donors (Lipinski definition) is 2. The van der Waals surface area contributed by atoms with Crippen molar-refractivity contribution >= 4 is 45.0 Å². The summed E-state index contributed by atoms with van der Waals surface area (Å²) in [6.45, 7) is 0. The number of methoxy groups -OCH3 is 1. The zero-order chi connectivity index (χ0) is 19.7. The number of rotatable bonds is 9. The summed E-state index contributed by atoms with van der Waals surface area (Å²) in [5.74, 6) is -0.00407. The van der Waals surface area contributed by atoms with Crippen LogP contribution in [0, 0.1) is 0 Å². The van der Waals surface area contributed by atoms with Crippen molar-refractivity contribution in [3.63, 3.8) is 0 Å². The van der Waals surface area contributed by atoms with Crippen molar-refractivity contribution < 1.29 is 22.7 Å². The number of carbonyl (C=O) groups excluding carboxylic acids is 2. The van der Waals surface area contributed by atoms with Crippen LogP contribution in [0.4, 0.5) is 11.4 Å². The maximum atomic E-state index is 12.5. The molecule has 0 aliphatic heterocycles. The van der Waals surface area contributed by atoms with Crippen LogP contribution in [0.2, 0.25) is 0 Å². The van der Waals surface area contributed by atoms with Crippen molar-refractivity contribution in [1.29, 1.82) is 0 Å². The molecule has 0 aliphatic rings. The fourth-order valence-corrected chi connectivity index (χ4v) is 3.94. The maximum Gasteiger partial charge on any atom is 0.315 e. The molecule has 2 aromatic carbocycles. The van der Waals surface area contributed by atoms with Crippen molar-refractivity contribution in [2.75, 3.05) is 28.7 Å². The molecule has 144 valence electrons. The normalized spacial score (nSPS) is 10.9. The summed E-state index contributed by atoms with van der Waals surface area (Å²) < 4.78 is 32.0. The van der Waals surface area contributed by atoms with E-state index in [0.29, 0.717) is 11.4 Å². The summed E-state index contributed by atoms with van der Waals surface area (Å²) in [5.41, 5.74) is 0.636. The van der Waals surface area contributed by atoms with E-state index in [-0.39, 0.29) is 34.6 Å². The van der Waals surface area contributed by atoms with Gasteiger partial charge in [0.1, 0.15) is 0 Å². The van der Waals surface area contributed by atoms with Gasteiger partial charge < -0.3 is 10.1 Å². The molecule has 0 heterocycles. The highest BCUT2D eigenvalue weighted by atomic mass is 32.2. The monoisotopic (exact) mass is 408 g/mol. The highest BCUT2D eigenvalue weighted by Gasteiger charge is 2.16. The molecule has 0 aliphatic carbocycles. The molecular weight excluding hydrogens is 388 g/mol. The number of ether oxygens (including phenoxy) is 1. The lowest BCUT2D eigenvalue weighted by molar-refractivity contribution is -0.137. The van der Waals surface area contributed by atoms with Crippen molar-refractivity contribution in [3.05, 3.63) is 54.6 Å². The van der Waals surface area contributed by atoms with Crippen LogP contribution in [0.3, 0.4) is 0 Å². The van der Waals surface area contributed by atoms with Gasteiger partial charge >= 0.3 is 5.97 Å². The van der Waals surface area contributed by atoms with Crippen molar-refractivity contribution in [2.45, 2.75) is 11.3 Å². The molecule has 0 atom stereocenters. The Morgan fingerprint density at radius 2 is 1.63 bits per heavy atom. The Bertz CT molecular complexity index is 886. The Kier molecular flexibility index (Phi) is 7.68. The summed E-state index contributed by atoms with van der Waals surface area (Å²) in [6, 6.07) is 14.5. The predicted octanol–water partition coefficient (Wildman–Crippen LogP) is 2.72. The molecule has 0 radical (unpaired) electrons. The van der Waals surface area contributed by atoms with Gasteiger partial charge in [-0.05, 0) is 24.3 Å². The first-order valence-electron chi connectivity index (χ1n) is 8.03. The van der Waals surface area contributed by atoms with Crippen LogP contribution in [0.1, 0.15) is 6.42 Å². The number of hydrogen-bond acceptors (Lipinski definition) is 6. The van der Waals surface area contributed by atoms with Gasteiger partial charge in [-0.2, -0.15) is 0 Å². The predicted molar refractivity (Wildman–Crippen MR) is 106 cm³/mol. The lowest BCUT2D eigenvalue weighted by atomic mass is 10.2. The minimum Gasteiger partial charge on any atom is -0.468 e. The topological polar surface area (TPSA) is 102 Å². The van der Waals surface area contributed by atoms with Gasteiger partial charge in [-0.25, -0.2) is 8.42 Å². The number of anilines is 2. The van der Waals surface area contributed by atoms with Crippen molar-refractivity contribution in [2.24, 2.45) is 0 Å². The lowest BCUT2D eigenvalue weighted by Crippen LogP contribution is -2.17. The highest BCUT2D eigenvalue weighted by molar-refractivity contribution is 7.99. The third-order valence-corrected chi connectivity index (χ3v) is 5.73. The maximum absolute atomic E-state index is 12.5. The standard InChI is InChI=1S/C18H20N2O5S2/c1-25-18(22)13-26-12-11-17(21)19-15-9-5-6-10-16(15)20-27(23,24)14-7-3-2-4-8-14/h2-10,20H,11-13H2,1H3,(H,19,21). The molecule has 0 saturated heterocycles. The fourth-order valence-electron chi connectivity index (χ4n) is 2.08. The molecule has 1 amide bonds. The Hall–Kier alpha value is -2.52. The number of thioether (sulfide) groups is 1. The molecular formula is C18H20N2O5S2. The second-order valence-electron chi connectivity index (χ2n) is 5.39. The molecule has 2 N–H and O–H groups in total. The Balaban J connectivity index is 1.99. The number of esters is 1. The van der Waals surface area contributed by atoms with Crippen LogP contribution in [0.25, 0.3) is 0 Å². The van der Waals surface area contributed by atoms with Gasteiger partial charge in [0.25, 0.3) is 10.0 Å². The van der Waals surface area contributed by atoms with Gasteiger partial charge in [0.2, 0.25) is 5.91 Å². The van der Waals surface area contributed by atoms with Crippen molar-refractivity contribution in [1.82, 2.24) is 0 Å². The van der Waals surface area contributed by atoms with E-state index in [1.54, 1.807) is 42.5 Å². The van der Waals surface area contributed by atoms with Crippen LogP contribution in [-0.4, -0.2) is 38.9 Å². The van der Waals surface area contributed by atoms with E-state index >= 15 is 0 Å². The first kappa shape index (κ1) is 20.8. The quantitative estimate of drug-likeness (QED) is 0.489. The van der Waals surface area contributed by atoms with Crippen LogP contribution in [-0.2, 0) is 24.3 Å². The van der Waals surface area contributed by atoms with Crippen molar-refractivity contribution in [3.8, 4) is 0 Å². The van der Waals surface area contributed by atoms with Crippen LogP contribution < -0.4 is 10.0 Å². The number of carbonyl (C=O) groups is 2. The average Bonchev–Trinajstić information content (AvgIpc) is 2.67. The second kappa shape index (κ2) is 9.98. The number of benzene rings is 2. The van der Waals surface area contributed by atoms with E-state index < -0.39 is 10.0 Å². The number of nitrogens with one attached hydrogen (secondary N) is 2. The lowest BCUT2D eigenvalue weighted by Gasteiger charge is -2.13. The third-order valence-electron chi connectivity index (χ3n) is 3.42. The molecule has 9 heteroatoms. The molecule has 7 nitrogen and oxygen atoms in total. The van der Waals surface area contributed by atoms with Crippen LogP contribution >= 0.6 is 11.8 Å². The number of amides is 1. The second-order valence-corrected chi connectivity index (χ2v) is 8.18. The van der Waals surface area contributed by atoms with Crippen LogP contribution in [0.5, 0.6) is 0 Å². The van der Waals surface area contributed by atoms with E-state index in [9.17, 15) is 18.0 Å². The van der Waals surface area contributed by atoms with E-state index in [2.05, 4.69) is 14.8 Å². The summed E-state index contributed by atoms with van der Waals surface area (Å²) in [5, 5.41) is 2.69. The van der Waals surface area contributed by atoms with Gasteiger partial charge in [0.15, 0.2) is 0 Å². The summed E-state index contributed by atoms with van der Waals surface area (Å²) >= 11 is 1.29. The zero-order valence-electron chi connectivity index (χ0n) is 14.7. The SMILES string of the molecule is COC(=O)CSCCC(=O)Nc1ccccc1NS(=O)(=O)c1ccccc1. The Labute approximate surface area is 162 Å². The molecule has 27 heavy (non-hydrogen) atoms. The van der Waals surface area contributed by atoms with Gasteiger partial charge in [-0.3, -0.25) is 14.3 Å². The van der Waals surface area contributed by atoms with Gasteiger partial charge in [0, 0.05) is 12.2 Å². The van der Waals surface area contributed by atoms with E-state index in [4.69, 9.17) is 0 Å². The van der Waals surface area contributed by atoms with Gasteiger partial charge in [-0.1, -0.05) is 30.3 Å². The molecule has 0 spiro atoms. The van der Waals surface area contributed by atoms with Gasteiger partial charge in [0.05, 0.1) is 29.1 Å². The largest absolute Gasteiger partial charge is 0.468 e. The summed E-state index contributed by atoms with van der Waals surface area (Å²) in [6.07, 6.45) is 0.182. The minimum absolute atomic E-state index is 0.130. The highest BCUT2D eigenvalue weighted by Crippen LogP contribution is 2.24. The third kappa shape index (κ3) is 6.61. The fraction of sp³-hybridized carbons (Fsp3) is 0.222. The smallest absolute Gasteiger partial charge is 0.315 e. The van der Waals surface area contributed by atoms with E-state index in [1.165, 1.54) is 31.0 Å². The van der Waals surface area contributed by atoms with Gasteiger partial charge in [-0.15, -0.1) is 11.8 Å². The average molecular weight is 409 g/mol. The minimum atomic E-state index is -3.76. The first-order valence-corrected chi connectivity index (χ1v) is 10.7. The first-order chi connectivity index (χ1) is 12.9. The van der Waals surface area contributed by atoms with E-state index in [0.717, 1.165) is 0 Å². The molecule has 0 unspecified atom stereocenters. The number of para-hydroxylation sites is 2. The number of sulfonamides is 1. The molecule has 0 saturated carbocycles. The molecule has 2 aromatic rings.